The number of imide groups is 1. The summed E-state index contributed by atoms with van der Waals surface area (Å²) in [7, 11) is 0. The minimum atomic E-state index is -0.781. The summed E-state index contributed by atoms with van der Waals surface area (Å²) < 4.78 is 0. The van der Waals surface area contributed by atoms with Gasteiger partial charge in [-0.05, 0) is 6.92 Å². The number of carbonyl (C=O) groups excluding carboxylic acids is 3. The molecule has 0 aromatic carbocycles. The summed E-state index contributed by atoms with van der Waals surface area (Å²) in [5, 5.41) is 9.09. The van der Waals surface area contributed by atoms with Crippen molar-refractivity contribution in [1.82, 2.24) is 5.06 Å². The molecule has 6 nitrogen and oxygen atoms in total. The van der Waals surface area contributed by atoms with Gasteiger partial charge in [0.1, 0.15) is 0 Å². The van der Waals surface area contributed by atoms with Crippen molar-refractivity contribution in [3.63, 3.8) is 0 Å². The predicted octanol–water partition coefficient (Wildman–Crippen LogP) is 0.248. The molecular formula is C10H17NO5. The summed E-state index contributed by atoms with van der Waals surface area (Å²) in [5.41, 5.74) is 0. The summed E-state index contributed by atoms with van der Waals surface area (Å²) in [4.78, 5) is 37.6. The molecule has 1 rings (SSSR count). The fourth-order valence-electron chi connectivity index (χ4n) is 0.912. The minimum absolute atomic E-state index is 0.0691. The van der Waals surface area contributed by atoms with Crippen LogP contribution < -0.4 is 0 Å². The molecule has 0 aromatic rings. The highest BCUT2D eigenvalue weighted by Crippen LogP contribution is 2.13. The van der Waals surface area contributed by atoms with Crippen molar-refractivity contribution in [2.75, 3.05) is 6.61 Å². The Kier molecular flexibility index (Phi) is 6.32. The van der Waals surface area contributed by atoms with E-state index in [4.69, 9.17) is 5.11 Å². The summed E-state index contributed by atoms with van der Waals surface area (Å²) >= 11 is 0. The average molecular weight is 231 g/mol. The zero-order valence-electron chi connectivity index (χ0n) is 9.73. The van der Waals surface area contributed by atoms with Crippen LogP contribution in [0.25, 0.3) is 0 Å². The van der Waals surface area contributed by atoms with Gasteiger partial charge in [-0.15, -0.1) is 5.06 Å². The Morgan fingerprint density at radius 2 is 1.81 bits per heavy atom. The molecule has 1 aliphatic rings. The van der Waals surface area contributed by atoms with Gasteiger partial charge in [0.2, 0.25) is 0 Å². The first-order valence-electron chi connectivity index (χ1n) is 5.24. The molecule has 1 fully saturated rings. The van der Waals surface area contributed by atoms with Crippen molar-refractivity contribution in [2.24, 2.45) is 5.92 Å². The van der Waals surface area contributed by atoms with Gasteiger partial charge in [-0.3, -0.25) is 9.59 Å². The van der Waals surface area contributed by atoms with Crippen LogP contribution in [0.4, 0.5) is 0 Å². The van der Waals surface area contributed by atoms with Gasteiger partial charge < -0.3 is 9.94 Å². The van der Waals surface area contributed by atoms with Crippen molar-refractivity contribution in [3.8, 4) is 0 Å². The molecule has 1 saturated heterocycles. The number of aliphatic hydroxyl groups is 1. The van der Waals surface area contributed by atoms with E-state index in [-0.39, 0.29) is 19.4 Å². The third kappa shape index (κ3) is 3.62. The van der Waals surface area contributed by atoms with E-state index in [1.54, 1.807) is 0 Å². The molecule has 0 spiro atoms. The van der Waals surface area contributed by atoms with E-state index >= 15 is 0 Å². The summed E-state index contributed by atoms with van der Waals surface area (Å²) in [6, 6.07) is 0. The first-order chi connectivity index (χ1) is 7.56. The molecule has 1 atom stereocenters. The van der Waals surface area contributed by atoms with E-state index in [1.165, 1.54) is 6.92 Å². The standard InChI is InChI=1S/C8H11NO5.C2H6/c1-5(4-10)8(13)14-9-6(11)2-3-7(9)12;1-2/h5,10H,2-4H2,1H3;1-2H3. The Bertz CT molecular complexity index is 260. The lowest BCUT2D eigenvalue weighted by molar-refractivity contribution is -0.201. The van der Waals surface area contributed by atoms with Crippen LogP contribution in [0.2, 0.25) is 0 Å². The molecule has 2 amide bonds. The summed E-state index contributed by atoms with van der Waals surface area (Å²) in [6.45, 7) is 5.06. The maximum absolute atomic E-state index is 11.1. The van der Waals surface area contributed by atoms with Crippen LogP contribution in [0.15, 0.2) is 0 Å². The first kappa shape index (κ1) is 14.6. The zero-order valence-corrected chi connectivity index (χ0v) is 9.73. The Morgan fingerprint density at radius 3 is 2.19 bits per heavy atom. The largest absolute Gasteiger partial charge is 0.395 e. The van der Waals surface area contributed by atoms with Gasteiger partial charge in [0, 0.05) is 12.8 Å². The number of rotatable bonds is 3. The van der Waals surface area contributed by atoms with Crippen LogP contribution in [0.5, 0.6) is 0 Å². The van der Waals surface area contributed by atoms with Crippen molar-refractivity contribution < 1.29 is 24.3 Å². The molecule has 0 aliphatic carbocycles. The van der Waals surface area contributed by atoms with E-state index in [9.17, 15) is 14.4 Å². The quantitative estimate of drug-likeness (QED) is 0.704. The Hall–Kier alpha value is -1.43. The SMILES string of the molecule is CC.CC(CO)C(=O)ON1C(=O)CCC1=O. The van der Waals surface area contributed by atoms with Gasteiger partial charge in [0.05, 0.1) is 12.5 Å². The van der Waals surface area contributed by atoms with Gasteiger partial charge in [-0.25, -0.2) is 4.79 Å². The number of aliphatic hydroxyl groups excluding tert-OH is 1. The minimum Gasteiger partial charge on any atom is -0.395 e. The van der Waals surface area contributed by atoms with Crippen LogP contribution in [0.3, 0.4) is 0 Å². The van der Waals surface area contributed by atoms with E-state index in [0.717, 1.165) is 0 Å². The number of carbonyl (C=O) groups is 3. The fourth-order valence-corrected chi connectivity index (χ4v) is 0.912. The molecule has 1 aliphatic heterocycles. The molecule has 0 saturated carbocycles. The van der Waals surface area contributed by atoms with E-state index in [0.29, 0.717) is 5.06 Å². The maximum atomic E-state index is 11.1. The van der Waals surface area contributed by atoms with E-state index in [1.807, 2.05) is 13.8 Å². The van der Waals surface area contributed by atoms with Crippen LogP contribution in [0, 0.1) is 5.92 Å². The monoisotopic (exact) mass is 231 g/mol. The van der Waals surface area contributed by atoms with Crippen LogP contribution in [-0.4, -0.2) is 34.6 Å². The highest BCUT2D eigenvalue weighted by Gasteiger charge is 2.33. The van der Waals surface area contributed by atoms with E-state index < -0.39 is 23.7 Å². The van der Waals surface area contributed by atoms with Crippen LogP contribution >= 0.6 is 0 Å². The average Bonchev–Trinajstić information content (AvgIpc) is 2.62. The zero-order chi connectivity index (χ0) is 12.7. The molecule has 16 heavy (non-hydrogen) atoms. The smallest absolute Gasteiger partial charge is 0.338 e. The Balaban J connectivity index is 0.00000106. The van der Waals surface area contributed by atoms with Gasteiger partial charge in [0.25, 0.3) is 11.8 Å². The lowest BCUT2D eigenvalue weighted by Gasteiger charge is -2.14. The van der Waals surface area contributed by atoms with Crippen molar-refractivity contribution in [2.45, 2.75) is 33.6 Å². The fraction of sp³-hybridized carbons (Fsp3) is 0.700. The lowest BCUT2D eigenvalue weighted by Crippen LogP contribution is -2.34. The second-order valence-corrected chi connectivity index (χ2v) is 3.08. The van der Waals surface area contributed by atoms with Gasteiger partial charge in [-0.2, -0.15) is 0 Å². The van der Waals surface area contributed by atoms with Crippen LogP contribution in [-0.2, 0) is 19.2 Å². The summed E-state index contributed by atoms with van der Waals surface area (Å²) in [6.07, 6.45) is 0.138. The van der Waals surface area contributed by atoms with Gasteiger partial charge >= 0.3 is 5.97 Å². The number of hydroxylamine groups is 2. The molecule has 1 heterocycles. The van der Waals surface area contributed by atoms with Gasteiger partial charge in [0.15, 0.2) is 0 Å². The van der Waals surface area contributed by atoms with E-state index in [2.05, 4.69) is 4.84 Å². The molecular weight excluding hydrogens is 214 g/mol. The predicted molar refractivity (Wildman–Crippen MR) is 54.8 cm³/mol. The molecule has 0 radical (unpaired) electrons. The number of amides is 2. The maximum Gasteiger partial charge on any atom is 0.338 e. The molecule has 1 N–H and O–H groups in total. The van der Waals surface area contributed by atoms with Crippen molar-refractivity contribution >= 4 is 17.8 Å². The second kappa shape index (κ2) is 6.95. The Labute approximate surface area is 94.1 Å². The van der Waals surface area contributed by atoms with Crippen LogP contribution in [0.1, 0.15) is 33.6 Å². The molecule has 0 bridgehead atoms. The summed E-state index contributed by atoms with van der Waals surface area (Å²) in [5.74, 6) is -2.56. The molecule has 0 aromatic heterocycles. The topological polar surface area (TPSA) is 83.9 Å². The Morgan fingerprint density at radius 1 is 1.38 bits per heavy atom. The number of hydrogen-bond donors (Lipinski definition) is 1. The van der Waals surface area contributed by atoms with Crippen molar-refractivity contribution in [3.05, 3.63) is 0 Å². The highest BCUT2D eigenvalue weighted by molar-refractivity contribution is 6.01. The first-order valence-corrected chi connectivity index (χ1v) is 5.24. The molecule has 92 valence electrons. The highest BCUT2D eigenvalue weighted by atomic mass is 16.7. The molecule has 6 heteroatoms. The van der Waals surface area contributed by atoms with Gasteiger partial charge in [-0.1, -0.05) is 13.8 Å². The third-order valence-electron chi connectivity index (χ3n) is 1.86. The van der Waals surface area contributed by atoms with Crippen molar-refractivity contribution in [1.29, 1.82) is 0 Å². The second-order valence-electron chi connectivity index (χ2n) is 3.08. The lowest BCUT2D eigenvalue weighted by atomic mass is 10.2. The number of hydrogen-bond acceptors (Lipinski definition) is 5. The number of nitrogens with zero attached hydrogens (tertiary/aromatic N) is 1. The third-order valence-corrected chi connectivity index (χ3v) is 1.86. The normalized spacial score (nSPS) is 16.6. The molecule has 1 unspecified atom stereocenters.